The maximum atomic E-state index is 11.8. The zero-order valence-corrected chi connectivity index (χ0v) is 13.1. The summed E-state index contributed by atoms with van der Waals surface area (Å²) in [7, 11) is 0. The van der Waals surface area contributed by atoms with Crippen molar-refractivity contribution in [3.63, 3.8) is 0 Å². The van der Waals surface area contributed by atoms with E-state index in [-0.39, 0.29) is 24.4 Å². The molecule has 1 saturated heterocycles. The average molecular weight is 347 g/mol. The molecule has 0 spiro atoms. The fourth-order valence-electron chi connectivity index (χ4n) is 2.58. The van der Waals surface area contributed by atoms with Crippen molar-refractivity contribution in [2.45, 2.75) is 24.9 Å². The van der Waals surface area contributed by atoms with Gasteiger partial charge in [-0.05, 0) is 24.3 Å². The standard InChI is InChI=1S/C16H17N3O6/c17-13-4-5-19(16(23)18-13)14-7-11(20)12(25-14)8-24-10-3-1-2-9(6-10)15(21)22/h1-6,11-12,14,20H,7-8H2,(H,21,22)(H2,17,18,23)/t11-,12+,14+/m0/s1. The van der Waals surface area contributed by atoms with E-state index in [9.17, 15) is 14.7 Å². The SMILES string of the molecule is Nc1ccn([C@H]2C[C@H](O)[C@@H](COc3cccc(C(=O)O)c3)O2)c(=O)n1. The molecule has 0 bridgehead atoms. The van der Waals surface area contributed by atoms with Crippen LogP contribution >= 0.6 is 0 Å². The lowest BCUT2D eigenvalue weighted by molar-refractivity contribution is -0.0409. The molecule has 0 saturated carbocycles. The number of aliphatic hydroxyl groups excluding tert-OH is 1. The monoisotopic (exact) mass is 347 g/mol. The Kier molecular flexibility index (Phi) is 4.68. The van der Waals surface area contributed by atoms with Crippen molar-refractivity contribution in [3.8, 4) is 5.75 Å². The number of benzene rings is 1. The number of carboxylic acids is 1. The number of aromatic nitrogens is 2. The Balaban J connectivity index is 1.65. The first-order chi connectivity index (χ1) is 11.9. The largest absolute Gasteiger partial charge is 0.491 e. The number of hydrogen-bond acceptors (Lipinski definition) is 7. The zero-order valence-electron chi connectivity index (χ0n) is 13.1. The van der Waals surface area contributed by atoms with Crippen molar-refractivity contribution in [2.24, 2.45) is 0 Å². The Morgan fingerprint density at radius 2 is 2.24 bits per heavy atom. The van der Waals surface area contributed by atoms with Crippen LogP contribution in [0.15, 0.2) is 41.3 Å². The van der Waals surface area contributed by atoms with Gasteiger partial charge in [0.25, 0.3) is 0 Å². The number of anilines is 1. The smallest absolute Gasteiger partial charge is 0.351 e. The lowest BCUT2D eigenvalue weighted by Crippen LogP contribution is -2.29. The summed E-state index contributed by atoms with van der Waals surface area (Å²) in [5.41, 5.74) is 4.99. The Hall–Kier alpha value is -2.91. The van der Waals surface area contributed by atoms with Crippen molar-refractivity contribution in [1.82, 2.24) is 9.55 Å². The fourth-order valence-corrected chi connectivity index (χ4v) is 2.58. The topological polar surface area (TPSA) is 137 Å². The van der Waals surface area contributed by atoms with E-state index in [2.05, 4.69) is 4.98 Å². The third kappa shape index (κ3) is 3.78. The van der Waals surface area contributed by atoms with E-state index in [1.54, 1.807) is 12.1 Å². The Bertz CT molecular complexity index is 837. The van der Waals surface area contributed by atoms with Gasteiger partial charge in [-0.15, -0.1) is 0 Å². The van der Waals surface area contributed by atoms with Gasteiger partial charge < -0.3 is 25.4 Å². The van der Waals surface area contributed by atoms with Crippen molar-refractivity contribution in [2.75, 3.05) is 12.3 Å². The predicted octanol–water partition coefficient (Wildman–Crippen LogP) is 0.251. The van der Waals surface area contributed by atoms with Crippen LogP contribution < -0.4 is 16.2 Å². The van der Waals surface area contributed by atoms with E-state index < -0.39 is 30.1 Å². The number of carboxylic acid groups (broad SMARTS) is 1. The molecule has 0 radical (unpaired) electrons. The molecule has 2 heterocycles. The second-order valence-corrected chi connectivity index (χ2v) is 5.62. The predicted molar refractivity (Wildman–Crippen MR) is 86.3 cm³/mol. The molecule has 0 aliphatic carbocycles. The van der Waals surface area contributed by atoms with Crippen molar-refractivity contribution in [1.29, 1.82) is 0 Å². The molecule has 0 unspecified atom stereocenters. The number of hydrogen-bond donors (Lipinski definition) is 3. The van der Waals surface area contributed by atoms with Crippen LogP contribution in [-0.4, -0.2) is 44.5 Å². The molecule has 1 aliphatic heterocycles. The minimum atomic E-state index is -1.06. The van der Waals surface area contributed by atoms with E-state index in [1.165, 1.54) is 29.0 Å². The van der Waals surface area contributed by atoms with Crippen LogP contribution in [0.5, 0.6) is 5.75 Å². The summed E-state index contributed by atoms with van der Waals surface area (Å²) in [5.74, 6) is -0.596. The number of carbonyl (C=O) groups is 1. The molecule has 1 aliphatic rings. The first-order valence-corrected chi connectivity index (χ1v) is 7.58. The number of aromatic carboxylic acids is 1. The van der Waals surface area contributed by atoms with E-state index in [1.807, 2.05) is 0 Å². The van der Waals surface area contributed by atoms with Gasteiger partial charge in [-0.25, -0.2) is 9.59 Å². The minimum absolute atomic E-state index is 0.0118. The maximum Gasteiger partial charge on any atom is 0.351 e. The highest BCUT2D eigenvalue weighted by atomic mass is 16.6. The highest BCUT2D eigenvalue weighted by Gasteiger charge is 2.36. The molecular weight excluding hydrogens is 330 g/mol. The van der Waals surface area contributed by atoms with E-state index in [4.69, 9.17) is 20.3 Å². The lowest BCUT2D eigenvalue weighted by atomic mass is 10.2. The van der Waals surface area contributed by atoms with Crippen molar-refractivity contribution in [3.05, 3.63) is 52.6 Å². The average Bonchev–Trinajstić information content (AvgIpc) is 2.94. The summed E-state index contributed by atoms with van der Waals surface area (Å²) < 4.78 is 12.4. The van der Waals surface area contributed by atoms with Gasteiger partial charge in [-0.2, -0.15) is 4.98 Å². The van der Waals surface area contributed by atoms with Crippen LogP contribution in [0.4, 0.5) is 5.82 Å². The van der Waals surface area contributed by atoms with Gasteiger partial charge in [0.15, 0.2) is 0 Å². The van der Waals surface area contributed by atoms with Crippen molar-refractivity contribution >= 4 is 11.8 Å². The van der Waals surface area contributed by atoms with Gasteiger partial charge in [0.05, 0.1) is 11.7 Å². The second-order valence-electron chi connectivity index (χ2n) is 5.62. The van der Waals surface area contributed by atoms with Crippen molar-refractivity contribution < 1.29 is 24.5 Å². The van der Waals surface area contributed by atoms with E-state index >= 15 is 0 Å². The highest BCUT2D eigenvalue weighted by Crippen LogP contribution is 2.28. The van der Waals surface area contributed by atoms with Gasteiger partial charge >= 0.3 is 11.7 Å². The zero-order chi connectivity index (χ0) is 18.0. The van der Waals surface area contributed by atoms with E-state index in [0.29, 0.717) is 5.75 Å². The molecular formula is C16H17N3O6. The maximum absolute atomic E-state index is 11.8. The summed E-state index contributed by atoms with van der Waals surface area (Å²) >= 11 is 0. The highest BCUT2D eigenvalue weighted by molar-refractivity contribution is 5.87. The molecule has 9 nitrogen and oxygen atoms in total. The van der Waals surface area contributed by atoms with Crippen LogP contribution in [0, 0.1) is 0 Å². The van der Waals surface area contributed by atoms with E-state index in [0.717, 1.165) is 0 Å². The Morgan fingerprint density at radius 1 is 1.44 bits per heavy atom. The Labute approximate surface area is 142 Å². The molecule has 132 valence electrons. The minimum Gasteiger partial charge on any atom is -0.491 e. The lowest BCUT2D eigenvalue weighted by Gasteiger charge is -2.17. The first-order valence-electron chi connectivity index (χ1n) is 7.58. The Morgan fingerprint density at radius 3 is 2.96 bits per heavy atom. The molecule has 4 N–H and O–H groups in total. The quantitative estimate of drug-likeness (QED) is 0.700. The third-order valence-electron chi connectivity index (χ3n) is 3.86. The van der Waals surface area contributed by atoms with Crippen LogP contribution in [0.1, 0.15) is 23.0 Å². The van der Waals surface area contributed by atoms with Gasteiger partial charge in [0.1, 0.15) is 30.5 Å². The molecule has 25 heavy (non-hydrogen) atoms. The van der Waals surface area contributed by atoms with Crippen LogP contribution in [0.3, 0.4) is 0 Å². The molecule has 0 amide bonds. The summed E-state index contributed by atoms with van der Waals surface area (Å²) in [6, 6.07) is 7.48. The molecule has 2 aromatic rings. The number of nitrogens with zero attached hydrogens (tertiary/aromatic N) is 2. The summed E-state index contributed by atoms with van der Waals surface area (Å²) in [5, 5.41) is 19.1. The summed E-state index contributed by atoms with van der Waals surface area (Å²) in [6.45, 7) is 0.0118. The molecule has 1 aromatic heterocycles. The van der Waals surface area contributed by atoms with Gasteiger partial charge in [0.2, 0.25) is 0 Å². The molecule has 1 aromatic carbocycles. The van der Waals surface area contributed by atoms with Gasteiger partial charge in [-0.1, -0.05) is 6.07 Å². The normalized spacial score (nSPS) is 22.7. The third-order valence-corrected chi connectivity index (χ3v) is 3.86. The van der Waals surface area contributed by atoms with Crippen LogP contribution in [0.2, 0.25) is 0 Å². The fraction of sp³-hybridized carbons (Fsp3) is 0.312. The number of aliphatic hydroxyl groups is 1. The number of rotatable bonds is 5. The van der Waals surface area contributed by atoms with Crippen LogP contribution in [0.25, 0.3) is 0 Å². The summed E-state index contributed by atoms with van der Waals surface area (Å²) in [4.78, 5) is 26.4. The number of nitrogen functional groups attached to an aromatic ring is 1. The van der Waals surface area contributed by atoms with Crippen LogP contribution in [-0.2, 0) is 4.74 Å². The van der Waals surface area contributed by atoms with Gasteiger partial charge in [-0.3, -0.25) is 4.57 Å². The van der Waals surface area contributed by atoms with Gasteiger partial charge in [0, 0.05) is 12.6 Å². The molecule has 3 rings (SSSR count). The molecule has 3 atom stereocenters. The number of ether oxygens (including phenoxy) is 2. The first kappa shape index (κ1) is 16.9. The molecule has 9 heteroatoms. The molecule has 1 fully saturated rings. The second kappa shape index (κ2) is 6.91. The summed E-state index contributed by atoms with van der Waals surface area (Å²) in [6.07, 6.45) is -0.509. The number of nitrogens with two attached hydrogens (primary N) is 1.